The van der Waals surface area contributed by atoms with E-state index in [1.165, 1.54) is 11.6 Å². The van der Waals surface area contributed by atoms with E-state index in [-0.39, 0.29) is 0 Å². The molecule has 0 amide bonds. The van der Waals surface area contributed by atoms with Gasteiger partial charge in [-0.3, -0.25) is 13.9 Å². The van der Waals surface area contributed by atoms with Gasteiger partial charge in [-0.2, -0.15) is 10.1 Å². The third-order valence-corrected chi connectivity index (χ3v) is 4.20. The minimum Gasteiger partial charge on any atom is -0.306 e. The molecule has 0 saturated heterocycles. The highest BCUT2D eigenvalue weighted by Gasteiger charge is 2.16. The van der Waals surface area contributed by atoms with Crippen molar-refractivity contribution < 1.29 is 0 Å². The molecule has 0 aliphatic rings. The van der Waals surface area contributed by atoms with Crippen LogP contribution < -0.4 is 16.7 Å². The van der Waals surface area contributed by atoms with Crippen LogP contribution >= 0.6 is 15.9 Å². The Labute approximate surface area is 145 Å². The third kappa shape index (κ3) is 2.67. The van der Waals surface area contributed by atoms with Crippen LogP contribution in [-0.2, 0) is 21.1 Å². The second-order valence-electron chi connectivity index (χ2n) is 5.30. The summed E-state index contributed by atoms with van der Waals surface area (Å²) >= 11 is 3.40. The van der Waals surface area contributed by atoms with Gasteiger partial charge in [0, 0.05) is 25.6 Å². The Kier molecular flexibility index (Phi) is 4.10. The number of aryl methyl sites for hydroxylation is 2. The lowest BCUT2D eigenvalue weighted by atomic mass is 10.2. The SMILES string of the molecule is Cn1c(=O)c2c(nc(N/N=C/c3cccc(Br)c3)n2C)n(C)c1=O. The van der Waals surface area contributed by atoms with Crippen molar-refractivity contribution >= 4 is 39.3 Å². The number of benzene rings is 1. The summed E-state index contributed by atoms with van der Waals surface area (Å²) in [5, 5.41) is 4.14. The van der Waals surface area contributed by atoms with Crippen molar-refractivity contribution in [2.75, 3.05) is 5.43 Å². The Hall–Kier alpha value is -2.68. The predicted octanol–water partition coefficient (Wildman–Crippen LogP) is 1.18. The molecule has 0 bridgehead atoms. The normalized spacial score (nSPS) is 11.5. The average Bonchev–Trinajstić information content (AvgIpc) is 2.88. The lowest BCUT2D eigenvalue weighted by Crippen LogP contribution is -2.37. The first-order valence-corrected chi connectivity index (χ1v) is 7.86. The standard InChI is InChI=1S/C15H15BrN6O2/c1-20-11-12(21(2)15(24)22(3)13(11)23)18-14(20)19-17-8-9-5-4-6-10(16)7-9/h4-8H,1-3H3,(H,18,19)/b17-8+. The molecule has 2 aromatic heterocycles. The molecule has 9 heteroatoms. The van der Waals surface area contributed by atoms with E-state index in [0.717, 1.165) is 14.6 Å². The van der Waals surface area contributed by atoms with Gasteiger partial charge in [-0.25, -0.2) is 10.2 Å². The first-order valence-electron chi connectivity index (χ1n) is 7.07. The molecule has 0 unspecified atom stereocenters. The van der Waals surface area contributed by atoms with Crippen molar-refractivity contribution in [2.45, 2.75) is 0 Å². The predicted molar refractivity (Wildman–Crippen MR) is 96.6 cm³/mol. The second-order valence-corrected chi connectivity index (χ2v) is 6.21. The fraction of sp³-hybridized carbons (Fsp3) is 0.200. The van der Waals surface area contributed by atoms with Gasteiger partial charge in [0.1, 0.15) is 0 Å². The van der Waals surface area contributed by atoms with Gasteiger partial charge in [0.05, 0.1) is 6.21 Å². The largest absolute Gasteiger partial charge is 0.332 e. The molecule has 0 aliphatic heterocycles. The van der Waals surface area contributed by atoms with Crippen molar-refractivity contribution in [1.29, 1.82) is 0 Å². The van der Waals surface area contributed by atoms with Gasteiger partial charge in [0.25, 0.3) is 5.56 Å². The Morgan fingerprint density at radius 1 is 1.17 bits per heavy atom. The number of fused-ring (bicyclic) bond motifs is 1. The van der Waals surface area contributed by atoms with Crippen LogP contribution in [0.5, 0.6) is 0 Å². The first-order chi connectivity index (χ1) is 11.4. The van der Waals surface area contributed by atoms with Crippen molar-refractivity contribution in [3.63, 3.8) is 0 Å². The number of anilines is 1. The summed E-state index contributed by atoms with van der Waals surface area (Å²) in [4.78, 5) is 28.6. The van der Waals surface area contributed by atoms with Crippen LogP contribution in [0.2, 0.25) is 0 Å². The molecular formula is C15H15BrN6O2. The molecule has 3 aromatic rings. The number of hydrogen-bond donors (Lipinski definition) is 1. The zero-order valence-corrected chi connectivity index (χ0v) is 14.9. The number of hydrogen-bond acceptors (Lipinski definition) is 5. The minimum absolute atomic E-state index is 0.311. The second kappa shape index (κ2) is 6.08. The van der Waals surface area contributed by atoms with E-state index >= 15 is 0 Å². The molecule has 1 N–H and O–H groups in total. The molecule has 1 aromatic carbocycles. The monoisotopic (exact) mass is 390 g/mol. The van der Waals surface area contributed by atoms with E-state index in [1.807, 2.05) is 24.3 Å². The Balaban J connectivity index is 2.01. The molecule has 0 spiro atoms. The van der Waals surface area contributed by atoms with E-state index in [9.17, 15) is 9.59 Å². The molecule has 0 aliphatic carbocycles. The van der Waals surface area contributed by atoms with Crippen LogP contribution in [0.15, 0.2) is 43.4 Å². The number of nitrogens with one attached hydrogen (secondary N) is 1. The highest BCUT2D eigenvalue weighted by atomic mass is 79.9. The summed E-state index contributed by atoms with van der Waals surface area (Å²) in [6.45, 7) is 0. The number of hydrazone groups is 1. The molecular weight excluding hydrogens is 376 g/mol. The molecule has 8 nitrogen and oxygen atoms in total. The molecule has 0 atom stereocenters. The fourth-order valence-corrected chi connectivity index (χ4v) is 2.79. The molecule has 0 saturated carbocycles. The molecule has 124 valence electrons. The maximum absolute atomic E-state index is 12.3. The summed E-state index contributed by atoms with van der Waals surface area (Å²) in [5.41, 5.74) is 3.53. The maximum Gasteiger partial charge on any atom is 0.332 e. The molecule has 0 radical (unpaired) electrons. The Morgan fingerprint density at radius 3 is 2.62 bits per heavy atom. The molecule has 3 rings (SSSR count). The summed E-state index contributed by atoms with van der Waals surface area (Å²) in [6.07, 6.45) is 1.64. The number of imidazole rings is 1. The number of halogens is 1. The van der Waals surface area contributed by atoms with E-state index in [4.69, 9.17) is 0 Å². The van der Waals surface area contributed by atoms with Crippen LogP contribution in [0.3, 0.4) is 0 Å². The fourth-order valence-electron chi connectivity index (χ4n) is 2.37. The Bertz CT molecular complexity index is 1080. The summed E-state index contributed by atoms with van der Waals surface area (Å²) in [6, 6.07) is 7.65. The van der Waals surface area contributed by atoms with Crippen molar-refractivity contribution in [3.05, 3.63) is 55.1 Å². The first kappa shape index (κ1) is 16.2. The zero-order valence-electron chi connectivity index (χ0n) is 13.3. The van der Waals surface area contributed by atoms with Gasteiger partial charge in [0.15, 0.2) is 11.2 Å². The van der Waals surface area contributed by atoms with Crippen molar-refractivity contribution in [2.24, 2.45) is 26.2 Å². The number of rotatable bonds is 3. The number of aromatic nitrogens is 4. The van der Waals surface area contributed by atoms with Crippen LogP contribution in [0.4, 0.5) is 5.95 Å². The van der Waals surface area contributed by atoms with Gasteiger partial charge >= 0.3 is 5.69 Å². The molecule has 0 fully saturated rings. The van der Waals surface area contributed by atoms with Crippen LogP contribution in [0, 0.1) is 0 Å². The lowest BCUT2D eigenvalue weighted by Gasteiger charge is -2.03. The third-order valence-electron chi connectivity index (χ3n) is 3.70. The lowest BCUT2D eigenvalue weighted by molar-refractivity contribution is 0.705. The van der Waals surface area contributed by atoms with Gasteiger partial charge in [0.2, 0.25) is 5.95 Å². The van der Waals surface area contributed by atoms with E-state index < -0.39 is 11.2 Å². The topological polar surface area (TPSA) is 86.2 Å². The maximum atomic E-state index is 12.3. The molecule has 24 heavy (non-hydrogen) atoms. The highest BCUT2D eigenvalue weighted by molar-refractivity contribution is 9.10. The van der Waals surface area contributed by atoms with Gasteiger partial charge < -0.3 is 4.57 Å². The van der Waals surface area contributed by atoms with Gasteiger partial charge in [-0.05, 0) is 17.7 Å². The average molecular weight is 391 g/mol. The Morgan fingerprint density at radius 2 is 1.92 bits per heavy atom. The smallest absolute Gasteiger partial charge is 0.306 e. The summed E-state index contributed by atoms with van der Waals surface area (Å²) in [5.74, 6) is 0.370. The summed E-state index contributed by atoms with van der Waals surface area (Å²) < 4.78 is 4.92. The van der Waals surface area contributed by atoms with Crippen LogP contribution in [0.25, 0.3) is 11.2 Å². The van der Waals surface area contributed by atoms with Crippen molar-refractivity contribution in [3.8, 4) is 0 Å². The van der Waals surface area contributed by atoms with E-state index in [0.29, 0.717) is 17.1 Å². The van der Waals surface area contributed by atoms with Gasteiger partial charge in [-0.1, -0.05) is 28.1 Å². The summed E-state index contributed by atoms with van der Waals surface area (Å²) in [7, 11) is 4.71. The minimum atomic E-state index is -0.421. The number of nitrogens with zero attached hydrogens (tertiary/aromatic N) is 5. The van der Waals surface area contributed by atoms with E-state index in [2.05, 4.69) is 31.4 Å². The van der Waals surface area contributed by atoms with Crippen LogP contribution in [0.1, 0.15) is 5.56 Å². The van der Waals surface area contributed by atoms with E-state index in [1.54, 1.807) is 24.9 Å². The molecule has 2 heterocycles. The quantitative estimate of drug-likeness (QED) is 0.537. The van der Waals surface area contributed by atoms with Crippen molar-refractivity contribution in [1.82, 2.24) is 18.7 Å². The van der Waals surface area contributed by atoms with Crippen LogP contribution in [-0.4, -0.2) is 24.9 Å². The highest BCUT2D eigenvalue weighted by Crippen LogP contribution is 2.13. The van der Waals surface area contributed by atoms with Gasteiger partial charge in [-0.15, -0.1) is 0 Å². The zero-order chi connectivity index (χ0) is 17.4.